The number of rotatable bonds is 9. The minimum atomic E-state index is -4.64. The van der Waals surface area contributed by atoms with Gasteiger partial charge in [-0.25, -0.2) is 0 Å². The van der Waals surface area contributed by atoms with Crippen LogP contribution in [0.5, 0.6) is 0 Å². The van der Waals surface area contributed by atoms with Crippen LogP contribution in [0.2, 0.25) is 0 Å². The lowest BCUT2D eigenvalue weighted by Crippen LogP contribution is -2.33. The lowest BCUT2D eigenvalue weighted by Gasteiger charge is -2.26. The van der Waals surface area contributed by atoms with Crippen LogP contribution >= 0.6 is 7.60 Å². The van der Waals surface area contributed by atoms with Crippen molar-refractivity contribution in [1.82, 2.24) is 0 Å². The number of nitrogens with two attached hydrogens (primary N) is 1. The molecule has 6 nitrogen and oxygen atoms in total. The first-order valence-corrected chi connectivity index (χ1v) is 8.96. The number of methoxy groups -OCH3 is 1. The van der Waals surface area contributed by atoms with Crippen LogP contribution in [0.1, 0.15) is 25.0 Å². The highest BCUT2D eigenvalue weighted by Gasteiger charge is 2.54. The van der Waals surface area contributed by atoms with E-state index < -0.39 is 30.8 Å². The number of benzene rings is 1. The SMILES string of the molecule is CCOP(=O)(OCC)C(F)(F)c1ccc(CC(N)C(=O)OC)cc1. The summed E-state index contributed by atoms with van der Waals surface area (Å²) in [7, 11) is -3.43. The zero-order chi connectivity index (χ0) is 18.4. The molecule has 1 atom stereocenters. The summed E-state index contributed by atoms with van der Waals surface area (Å²) in [4.78, 5) is 11.3. The Kier molecular flexibility index (Phi) is 7.48. The van der Waals surface area contributed by atoms with Gasteiger partial charge in [-0.05, 0) is 25.8 Å². The summed E-state index contributed by atoms with van der Waals surface area (Å²) in [5.41, 5.74) is 1.90. The van der Waals surface area contributed by atoms with E-state index >= 15 is 0 Å². The Morgan fingerprint density at radius 2 is 1.71 bits per heavy atom. The molecule has 1 rings (SSSR count). The number of halogens is 2. The molecule has 0 aliphatic carbocycles. The van der Waals surface area contributed by atoms with Crippen LogP contribution in [0.3, 0.4) is 0 Å². The molecule has 1 unspecified atom stereocenters. The highest BCUT2D eigenvalue weighted by molar-refractivity contribution is 7.54. The predicted octanol–water partition coefficient (Wildman–Crippen LogP) is 3.04. The summed E-state index contributed by atoms with van der Waals surface area (Å²) in [6.45, 7) is 2.58. The predicted molar refractivity (Wildman–Crippen MR) is 84.9 cm³/mol. The van der Waals surface area contributed by atoms with Crippen molar-refractivity contribution in [1.29, 1.82) is 0 Å². The summed E-state index contributed by atoms with van der Waals surface area (Å²) < 4.78 is 55.4. The van der Waals surface area contributed by atoms with E-state index in [1.165, 1.54) is 33.1 Å². The van der Waals surface area contributed by atoms with Crippen molar-refractivity contribution >= 4 is 13.6 Å². The summed E-state index contributed by atoms with van der Waals surface area (Å²) >= 11 is 0. The van der Waals surface area contributed by atoms with Crippen molar-refractivity contribution in [2.75, 3.05) is 20.3 Å². The number of hydrogen-bond acceptors (Lipinski definition) is 6. The third-order valence-electron chi connectivity index (χ3n) is 3.20. The first-order chi connectivity index (χ1) is 11.2. The summed E-state index contributed by atoms with van der Waals surface area (Å²) in [6.07, 6.45) is 0.132. The fraction of sp³-hybridized carbons (Fsp3) is 0.533. The molecule has 0 aliphatic rings. The highest BCUT2D eigenvalue weighted by atomic mass is 31.2. The van der Waals surface area contributed by atoms with Gasteiger partial charge in [0.1, 0.15) is 6.04 Å². The molecule has 0 radical (unpaired) electrons. The van der Waals surface area contributed by atoms with Crippen LogP contribution in [-0.2, 0) is 35.2 Å². The molecule has 24 heavy (non-hydrogen) atoms. The van der Waals surface area contributed by atoms with Gasteiger partial charge >= 0.3 is 19.2 Å². The van der Waals surface area contributed by atoms with Gasteiger partial charge in [0, 0.05) is 5.56 Å². The van der Waals surface area contributed by atoms with E-state index in [-0.39, 0.29) is 19.6 Å². The van der Waals surface area contributed by atoms with E-state index in [1.807, 2.05) is 0 Å². The average Bonchev–Trinajstić information content (AvgIpc) is 2.54. The maximum absolute atomic E-state index is 14.5. The van der Waals surface area contributed by atoms with Crippen LogP contribution < -0.4 is 5.73 Å². The molecule has 0 heterocycles. The van der Waals surface area contributed by atoms with Gasteiger partial charge in [0.05, 0.1) is 20.3 Å². The number of alkyl halides is 2. The van der Waals surface area contributed by atoms with Gasteiger partial charge < -0.3 is 19.5 Å². The Morgan fingerprint density at radius 3 is 2.12 bits per heavy atom. The van der Waals surface area contributed by atoms with Gasteiger partial charge in [-0.3, -0.25) is 9.36 Å². The molecule has 0 aliphatic heterocycles. The third kappa shape index (κ3) is 4.60. The maximum atomic E-state index is 14.5. The molecule has 0 saturated carbocycles. The molecule has 0 bridgehead atoms. The Labute approximate surface area is 139 Å². The second kappa shape index (κ2) is 8.67. The summed E-state index contributed by atoms with van der Waals surface area (Å²) in [5, 5.41) is 0. The van der Waals surface area contributed by atoms with Gasteiger partial charge in [-0.1, -0.05) is 24.3 Å². The molecule has 0 saturated heterocycles. The van der Waals surface area contributed by atoms with Crippen LogP contribution in [0.4, 0.5) is 8.78 Å². The van der Waals surface area contributed by atoms with E-state index in [4.69, 9.17) is 14.8 Å². The van der Waals surface area contributed by atoms with Crippen molar-refractivity contribution in [3.63, 3.8) is 0 Å². The van der Waals surface area contributed by atoms with Crippen molar-refractivity contribution in [2.24, 2.45) is 5.73 Å². The summed E-state index contributed by atoms with van der Waals surface area (Å²) in [6, 6.07) is 4.11. The molecule has 9 heteroatoms. The first-order valence-electron chi connectivity index (χ1n) is 7.41. The monoisotopic (exact) mass is 365 g/mol. The topological polar surface area (TPSA) is 87.9 Å². The number of carbonyl (C=O) groups excluding carboxylic acids is 1. The van der Waals surface area contributed by atoms with Crippen molar-refractivity contribution < 1.29 is 31.9 Å². The molecule has 0 aromatic heterocycles. The molecule has 0 fully saturated rings. The Balaban J connectivity index is 3.01. The van der Waals surface area contributed by atoms with Gasteiger partial charge in [-0.2, -0.15) is 8.78 Å². The van der Waals surface area contributed by atoms with E-state index in [0.29, 0.717) is 5.56 Å². The second-order valence-corrected chi connectivity index (χ2v) is 6.98. The Hall–Kier alpha value is -1.34. The molecular formula is C15H22F2NO5P. The first kappa shape index (κ1) is 20.7. The minimum absolute atomic E-state index is 0.132. The Bertz CT molecular complexity index is 584. The van der Waals surface area contributed by atoms with Crippen LogP contribution in [0.15, 0.2) is 24.3 Å². The lowest BCUT2D eigenvalue weighted by molar-refractivity contribution is -0.142. The van der Waals surface area contributed by atoms with Crippen LogP contribution in [0.25, 0.3) is 0 Å². The van der Waals surface area contributed by atoms with Crippen molar-refractivity contribution in [3.8, 4) is 0 Å². The molecule has 1 aromatic carbocycles. The summed E-state index contributed by atoms with van der Waals surface area (Å²) in [5.74, 6) is -0.596. The average molecular weight is 365 g/mol. The highest BCUT2D eigenvalue weighted by Crippen LogP contribution is 2.66. The molecule has 2 N–H and O–H groups in total. The van der Waals surface area contributed by atoms with Gasteiger partial charge in [-0.15, -0.1) is 0 Å². The second-order valence-electron chi connectivity index (χ2n) is 4.90. The third-order valence-corrected chi connectivity index (χ3v) is 5.35. The fourth-order valence-corrected chi connectivity index (χ4v) is 3.57. The van der Waals surface area contributed by atoms with Gasteiger partial charge in [0.25, 0.3) is 0 Å². The molecule has 0 amide bonds. The van der Waals surface area contributed by atoms with E-state index in [2.05, 4.69) is 4.74 Å². The molecule has 1 aromatic rings. The van der Waals surface area contributed by atoms with E-state index in [9.17, 15) is 18.1 Å². The normalized spacial score (nSPS) is 13.6. The number of esters is 1. The zero-order valence-corrected chi connectivity index (χ0v) is 14.7. The van der Waals surface area contributed by atoms with Crippen LogP contribution in [-0.4, -0.2) is 32.3 Å². The minimum Gasteiger partial charge on any atom is -0.468 e. The molecule has 0 spiro atoms. The largest absolute Gasteiger partial charge is 0.468 e. The number of carbonyl (C=O) groups is 1. The van der Waals surface area contributed by atoms with Gasteiger partial charge in [0.2, 0.25) is 0 Å². The van der Waals surface area contributed by atoms with Crippen LogP contribution in [0, 0.1) is 0 Å². The van der Waals surface area contributed by atoms with E-state index in [0.717, 1.165) is 12.1 Å². The van der Waals surface area contributed by atoms with Crippen molar-refractivity contribution in [3.05, 3.63) is 35.4 Å². The number of ether oxygens (including phenoxy) is 1. The lowest BCUT2D eigenvalue weighted by atomic mass is 10.0. The molecule has 136 valence electrons. The van der Waals surface area contributed by atoms with Gasteiger partial charge in [0.15, 0.2) is 0 Å². The quantitative estimate of drug-likeness (QED) is 0.535. The smallest absolute Gasteiger partial charge is 0.404 e. The van der Waals surface area contributed by atoms with E-state index in [1.54, 1.807) is 0 Å². The standard InChI is InChI=1S/C15H22F2NO5P/c1-4-22-24(20,23-5-2)15(16,17)12-8-6-11(7-9-12)10-13(18)14(19)21-3/h6-9,13H,4-5,10,18H2,1-3H3. The molecular weight excluding hydrogens is 343 g/mol. The maximum Gasteiger partial charge on any atom is 0.404 e. The van der Waals surface area contributed by atoms with Crippen molar-refractivity contribution in [2.45, 2.75) is 32.0 Å². The zero-order valence-electron chi connectivity index (χ0n) is 13.8. The number of hydrogen-bond donors (Lipinski definition) is 1. The fourth-order valence-electron chi connectivity index (χ4n) is 2.03. The Morgan fingerprint density at radius 1 is 1.21 bits per heavy atom.